The summed E-state index contributed by atoms with van der Waals surface area (Å²) < 4.78 is 8.23. The number of rotatable bonds is 11. The van der Waals surface area contributed by atoms with E-state index >= 15 is 0 Å². The maximum atomic E-state index is 13.0. The number of piperazine rings is 1. The number of benzene rings is 2. The Bertz CT molecular complexity index is 1390. The summed E-state index contributed by atoms with van der Waals surface area (Å²) in [6, 6.07) is 17.9. The minimum Gasteiger partial charge on any atom is -0.374 e. The van der Waals surface area contributed by atoms with E-state index in [1.54, 1.807) is 0 Å². The van der Waals surface area contributed by atoms with Gasteiger partial charge in [0.2, 0.25) is 0 Å². The Morgan fingerprint density at radius 1 is 0.923 bits per heavy atom. The van der Waals surface area contributed by atoms with E-state index in [1.807, 2.05) is 48.2 Å². The van der Waals surface area contributed by atoms with Gasteiger partial charge < -0.3 is 24.0 Å². The lowest BCUT2D eigenvalue weighted by atomic mass is 10.1. The van der Waals surface area contributed by atoms with Crippen LogP contribution in [0.15, 0.2) is 54.6 Å². The number of anilines is 1. The molecule has 206 valence electrons. The minimum atomic E-state index is 0.0864. The minimum absolute atomic E-state index is 0.0864. The molecule has 8 heteroatoms. The highest BCUT2D eigenvalue weighted by Gasteiger charge is 2.27. The van der Waals surface area contributed by atoms with E-state index in [1.165, 1.54) is 0 Å². The number of aryl methyl sites for hydroxylation is 1. The molecule has 1 amide bonds. The van der Waals surface area contributed by atoms with Crippen molar-refractivity contribution in [2.75, 3.05) is 57.3 Å². The highest BCUT2D eigenvalue weighted by molar-refractivity contribution is 6.07. The molecule has 0 atom stereocenters. The van der Waals surface area contributed by atoms with Crippen molar-refractivity contribution in [1.29, 1.82) is 0 Å². The number of ether oxygens (including phenoxy) is 1. The molecule has 2 aromatic heterocycles. The van der Waals surface area contributed by atoms with E-state index in [4.69, 9.17) is 14.7 Å². The molecule has 3 heterocycles. The zero-order valence-electron chi connectivity index (χ0n) is 23.5. The molecular formula is C31H40N6O2. The van der Waals surface area contributed by atoms with Crippen LogP contribution < -0.4 is 4.90 Å². The van der Waals surface area contributed by atoms with Crippen LogP contribution in [0.4, 0.5) is 5.82 Å². The molecule has 1 aliphatic heterocycles. The van der Waals surface area contributed by atoms with Gasteiger partial charge in [-0.25, -0.2) is 9.97 Å². The zero-order valence-corrected chi connectivity index (χ0v) is 23.5. The zero-order chi connectivity index (χ0) is 27.2. The number of hydrogen-bond donors (Lipinski definition) is 0. The maximum Gasteiger partial charge on any atom is 0.253 e. The number of nitrogens with zero attached hydrogens (tertiary/aromatic N) is 6. The summed E-state index contributed by atoms with van der Waals surface area (Å²) in [6.07, 6.45) is 1.04. The van der Waals surface area contributed by atoms with Gasteiger partial charge in [-0.1, -0.05) is 50.2 Å². The number of amides is 1. The third-order valence-corrected chi connectivity index (χ3v) is 7.72. The van der Waals surface area contributed by atoms with Gasteiger partial charge in [0.05, 0.1) is 11.0 Å². The fourth-order valence-corrected chi connectivity index (χ4v) is 5.51. The fourth-order valence-electron chi connectivity index (χ4n) is 5.51. The summed E-state index contributed by atoms with van der Waals surface area (Å²) in [5.41, 5.74) is 3.76. The lowest BCUT2D eigenvalue weighted by molar-refractivity contribution is 0.0746. The quantitative estimate of drug-likeness (QED) is 0.278. The van der Waals surface area contributed by atoms with Gasteiger partial charge in [-0.15, -0.1) is 0 Å². The number of fused-ring (bicyclic) bond motifs is 3. The van der Waals surface area contributed by atoms with Crippen LogP contribution in [-0.4, -0.2) is 82.7 Å². The van der Waals surface area contributed by atoms with Crippen molar-refractivity contribution in [2.24, 2.45) is 0 Å². The number of aromatic nitrogens is 3. The van der Waals surface area contributed by atoms with E-state index in [0.717, 1.165) is 71.7 Å². The average Bonchev–Trinajstić information content (AvgIpc) is 3.36. The van der Waals surface area contributed by atoms with Crippen LogP contribution in [0.25, 0.3) is 21.9 Å². The molecule has 0 radical (unpaired) electrons. The summed E-state index contributed by atoms with van der Waals surface area (Å²) in [7, 11) is 0. The predicted molar refractivity (Wildman–Crippen MR) is 157 cm³/mol. The van der Waals surface area contributed by atoms with Gasteiger partial charge in [-0.05, 0) is 51.2 Å². The molecule has 5 rings (SSSR count). The fraction of sp³-hybridized carbons (Fsp3) is 0.452. The van der Waals surface area contributed by atoms with Gasteiger partial charge in [0, 0.05) is 50.3 Å². The van der Waals surface area contributed by atoms with Gasteiger partial charge in [0.1, 0.15) is 17.9 Å². The van der Waals surface area contributed by atoms with E-state index < -0.39 is 0 Å². The number of pyridine rings is 1. The highest BCUT2D eigenvalue weighted by atomic mass is 16.5. The normalized spacial score (nSPS) is 14.2. The van der Waals surface area contributed by atoms with Crippen LogP contribution in [0.2, 0.25) is 0 Å². The van der Waals surface area contributed by atoms with Crippen LogP contribution >= 0.6 is 0 Å². The van der Waals surface area contributed by atoms with Crippen LogP contribution in [0, 0.1) is 0 Å². The molecule has 0 spiro atoms. The summed E-state index contributed by atoms with van der Waals surface area (Å²) in [6.45, 7) is 14.4. The lowest BCUT2D eigenvalue weighted by Crippen LogP contribution is -2.49. The van der Waals surface area contributed by atoms with Crippen LogP contribution in [0.5, 0.6) is 0 Å². The molecule has 0 N–H and O–H groups in total. The van der Waals surface area contributed by atoms with Gasteiger partial charge in [-0.3, -0.25) is 4.79 Å². The second-order valence-corrected chi connectivity index (χ2v) is 9.99. The topological polar surface area (TPSA) is 66.7 Å². The number of para-hydroxylation sites is 1. The van der Waals surface area contributed by atoms with Crippen molar-refractivity contribution in [3.8, 4) is 0 Å². The maximum absolute atomic E-state index is 13.0. The standard InChI is InChI=1S/C31H40N6O2/c1-4-34(5-2)17-12-18-37-27(23-39-6-3)33-28-29(37)25-15-10-11-16-26(25)32-30(28)35-19-21-36(22-20-35)31(38)24-13-8-7-9-14-24/h7-11,13-16H,4-6,12,17-23H2,1-3H3. The average molecular weight is 529 g/mol. The van der Waals surface area contributed by atoms with Crippen LogP contribution in [0.1, 0.15) is 43.4 Å². The molecular weight excluding hydrogens is 488 g/mol. The van der Waals surface area contributed by atoms with Gasteiger partial charge in [0.15, 0.2) is 5.82 Å². The third-order valence-electron chi connectivity index (χ3n) is 7.72. The second kappa shape index (κ2) is 12.6. The van der Waals surface area contributed by atoms with Crippen molar-refractivity contribution in [3.63, 3.8) is 0 Å². The third kappa shape index (κ3) is 5.77. The van der Waals surface area contributed by atoms with E-state index in [-0.39, 0.29) is 5.91 Å². The smallest absolute Gasteiger partial charge is 0.253 e. The summed E-state index contributed by atoms with van der Waals surface area (Å²) in [5, 5.41) is 1.12. The molecule has 0 saturated carbocycles. The monoisotopic (exact) mass is 528 g/mol. The number of hydrogen-bond acceptors (Lipinski definition) is 6. The Hall–Kier alpha value is -3.49. The first-order chi connectivity index (χ1) is 19.1. The van der Waals surface area contributed by atoms with Crippen LogP contribution in [0.3, 0.4) is 0 Å². The Kier molecular flexibility index (Phi) is 8.74. The molecule has 1 saturated heterocycles. The first-order valence-corrected chi connectivity index (χ1v) is 14.3. The van der Waals surface area contributed by atoms with Crippen molar-refractivity contribution < 1.29 is 9.53 Å². The molecule has 8 nitrogen and oxygen atoms in total. The van der Waals surface area contributed by atoms with Crippen molar-refractivity contribution in [1.82, 2.24) is 24.3 Å². The Labute approximate surface area is 231 Å². The molecule has 1 aliphatic rings. The van der Waals surface area contributed by atoms with Gasteiger partial charge in [0.25, 0.3) is 5.91 Å². The van der Waals surface area contributed by atoms with Crippen molar-refractivity contribution in [2.45, 2.75) is 40.3 Å². The molecule has 1 fully saturated rings. The SMILES string of the molecule is CCOCc1nc2c(N3CCN(C(=O)c4ccccc4)CC3)nc3ccccc3c2n1CCCN(CC)CC. The first kappa shape index (κ1) is 27.1. The first-order valence-electron chi connectivity index (χ1n) is 14.3. The molecule has 0 bridgehead atoms. The van der Waals surface area contributed by atoms with E-state index in [0.29, 0.717) is 39.4 Å². The summed E-state index contributed by atoms with van der Waals surface area (Å²) in [5.74, 6) is 1.93. The van der Waals surface area contributed by atoms with Gasteiger partial charge in [-0.2, -0.15) is 0 Å². The summed E-state index contributed by atoms with van der Waals surface area (Å²) in [4.78, 5) is 30.0. The highest BCUT2D eigenvalue weighted by Crippen LogP contribution is 2.33. The molecule has 2 aromatic carbocycles. The largest absolute Gasteiger partial charge is 0.374 e. The van der Waals surface area contributed by atoms with E-state index in [2.05, 4.69) is 46.4 Å². The number of imidazole rings is 1. The number of carbonyl (C=O) groups excluding carboxylic acids is 1. The Balaban J connectivity index is 1.48. The second-order valence-electron chi connectivity index (χ2n) is 9.99. The summed E-state index contributed by atoms with van der Waals surface area (Å²) >= 11 is 0. The Morgan fingerprint density at radius 3 is 2.36 bits per heavy atom. The van der Waals surface area contributed by atoms with Crippen molar-refractivity contribution >= 4 is 33.7 Å². The Morgan fingerprint density at radius 2 is 1.64 bits per heavy atom. The molecule has 39 heavy (non-hydrogen) atoms. The van der Waals surface area contributed by atoms with Crippen molar-refractivity contribution in [3.05, 3.63) is 66.0 Å². The van der Waals surface area contributed by atoms with Crippen LogP contribution in [-0.2, 0) is 17.9 Å². The number of carbonyl (C=O) groups is 1. The lowest BCUT2D eigenvalue weighted by Gasteiger charge is -2.35. The predicted octanol–water partition coefficient (Wildman–Crippen LogP) is 4.82. The van der Waals surface area contributed by atoms with E-state index in [9.17, 15) is 4.79 Å². The molecule has 0 aliphatic carbocycles. The molecule has 0 unspecified atom stereocenters. The molecule has 4 aromatic rings. The van der Waals surface area contributed by atoms with Gasteiger partial charge >= 0.3 is 0 Å².